The number of hydrogen-bond acceptors (Lipinski definition) is 3. The van der Waals surface area contributed by atoms with Crippen LogP contribution in [-0.4, -0.2) is 28.0 Å². The molecule has 20 heavy (non-hydrogen) atoms. The summed E-state index contributed by atoms with van der Waals surface area (Å²) in [4.78, 5) is 16.1. The van der Waals surface area contributed by atoms with E-state index in [0.29, 0.717) is 19.6 Å². The van der Waals surface area contributed by atoms with Crippen LogP contribution in [0.1, 0.15) is 26.0 Å². The smallest absolute Gasteiger partial charge is 0.222 e. The topological polar surface area (TPSA) is 55.6 Å². The first-order chi connectivity index (χ1) is 9.54. The molecular weight excluding hydrogens is 322 g/mol. The van der Waals surface area contributed by atoms with Crippen LogP contribution >= 0.6 is 15.9 Å². The van der Waals surface area contributed by atoms with Gasteiger partial charge in [-0.2, -0.15) is 0 Å². The van der Waals surface area contributed by atoms with Crippen LogP contribution in [0.2, 0.25) is 0 Å². The van der Waals surface area contributed by atoms with E-state index in [1.165, 1.54) is 0 Å². The van der Waals surface area contributed by atoms with Crippen molar-refractivity contribution in [2.75, 3.05) is 6.61 Å². The second-order valence-electron chi connectivity index (χ2n) is 4.79. The molecule has 0 unspecified atom stereocenters. The van der Waals surface area contributed by atoms with Crippen molar-refractivity contribution in [3.05, 3.63) is 34.7 Å². The van der Waals surface area contributed by atoms with E-state index >= 15 is 0 Å². The summed E-state index contributed by atoms with van der Waals surface area (Å²) >= 11 is 3.41. The first-order valence-corrected chi connectivity index (χ1v) is 7.35. The Morgan fingerprint density at radius 1 is 1.45 bits per heavy atom. The SMILES string of the molecule is CC(C)OCCC(=O)NCc1cn2cc(Br)ccc2n1. The van der Waals surface area contributed by atoms with Crippen molar-refractivity contribution in [1.82, 2.24) is 14.7 Å². The molecule has 0 fully saturated rings. The summed E-state index contributed by atoms with van der Waals surface area (Å²) < 4.78 is 8.25. The minimum atomic E-state index is -0.0242. The number of carbonyl (C=O) groups excluding carboxylic acids is 1. The molecule has 0 spiro atoms. The minimum absolute atomic E-state index is 0.0242. The normalized spacial score (nSPS) is 11.2. The number of aromatic nitrogens is 2. The van der Waals surface area contributed by atoms with Gasteiger partial charge in [0.2, 0.25) is 5.91 Å². The predicted octanol–water partition coefficient (Wildman–Crippen LogP) is 2.53. The van der Waals surface area contributed by atoms with Crippen molar-refractivity contribution < 1.29 is 9.53 Å². The van der Waals surface area contributed by atoms with Crippen LogP contribution in [0, 0.1) is 0 Å². The molecule has 6 heteroatoms. The molecule has 0 saturated heterocycles. The zero-order chi connectivity index (χ0) is 14.5. The maximum Gasteiger partial charge on any atom is 0.222 e. The van der Waals surface area contributed by atoms with Gasteiger partial charge < -0.3 is 14.5 Å². The van der Waals surface area contributed by atoms with E-state index in [4.69, 9.17) is 4.74 Å². The maximum atomic E-state index is 11.6. The second-order valence-corrected chi connectivity index (χ2v) is 5.71. The van der Waals surface area contributed by atoms with Gasteiger partial charge in [-0.15, -0.1) is 0 Å². The molecule has 0 aliphatic heterocycles. The zero-order valence-electron chi connectivity index (χ0n) is 11.6. The third-order valence-electron chi connectivity index (χ3n) is 2.71. The number of imidazole rings is 1. The molecule has 0 aliphatic carbocycles. The summed E-state index contributed by atoms with van der Waals surface area (Å²) in [6, 6.07) is 3.86. The summed E-state index contributed by atoms with van der Waals surface area (Å²) in [7, 11) is 0. The van der Waals surface area contributed by atoms with E-state index in [-0.39, 0.29) is 12.0 Å². The number of fused-ring (bicyclic) bond motifs is 1. The average molecular weight is 340 g/mol. The van der Waals surface area contributed by atoms with Crippen LogP contribution in [0.3, 0.4) is 0 Å². The van der Waals surface area contributed by atoms with Gasteiger partial charge in [-0.3, -0.25) is 4.79 Å². The molecular formula is C14H18BrN3O2. The van der Waals surface area contributed by atoms with Gasteiger partial charge in [0.25, 0.3) is 0 Å². The second kappa shape index (κ2) is 6.85. The lowest BCUT2D eigenvalue weighted by molar-refractivity contribution is -0.122. The van der Waals surface area contributed by atoms with Gasteiger partial charge in [0, 0.05) is 23.3 Å². The van der Waals surface area contributed by atoms with E-state index < -0.39 is 0 Å². The predicted molar refractivity (Wildman–Crippen MR) is 80.4 cm³/mol. The van der Waals surface area contributed by atoms with Crippen molar-refractivity contribution in [3.8, 4) is 0 Å². The van der Waals surface area contributed by atoms with Gasteiger partial charge in [0.15, 0.2) is 0 Å². The molecule has 108 valence electrons. The Labute approximate surface area is 126 Å². The van der Waals surface area contributed by atoms with Crippen LogP contribution in [-0.2, 0) is 16.1 Å². The highest BCUT2D eigenvalue weighted by Crippen LogP contribution is 2.12. The number of hydrogen-bond donors (Lipinski definition) is 1. The molecule has 1 amide bonds. The highest BCUT2D eigenvalue weighted by atomic mass is 79.9. The Morgan fingerprint density at radius 2 is 2.25 bits per heavy atom. The molecule has 2 heterocycles. The van der Waals surface area contributed by atoms with E-state index in [1.807, 2.05) is 42.8 Å². The Hall–Kier alpha value is -1.40. The molecule has 0 bridgehead atoms. The number of nitrogens with zero attached hydrogens (tertiary/aromatic N) is 2. The fourth-order valence-electron chi connectivity index (χ4n) is 1.77. The van der Waals surface area contributed by atoms with Crippen molar-refractivity contribution in [1.29, 1.82) is 0 Å². The average Bonchev–Trinajstić information content (AvgIpc) is 2.77. The van der Waals surface area contributed by atoms with Gasteiger partial charge in [-0.05, 0) is 41.9 Å². The minimum Gasteiger partial charge on any atom is -0.378 e. The van der Waals surface area contributed by atoms with Gasteiger partial charge in [-0.1, -0.05) is 0 Å². The number of halogens is 1. The standard InChI is InChI=1S/C14H18BrN3O2/c1-10(2)20-6-5-14(19)16-7-12-9-18-8-11(15)3-4-13(18)17-12/h3-4,8-10H,5-7H2,1-2H3,(H,16,19). The summed E-state index contributed by atoms with van der Waals surface area (Å²) in [5.41, 5.74) is 1.70. The van der Waals surface area contributed by atoms with E-state index in [9.17, 15) is 4.79 Å². The maximum absolute atomic E-state index is 11.6. The first-order valence-electron chi connectivity index (χ1n) is 6.56. The number of carbonyl (C=O) groups is 1. The summed E-state index contributed by atoms with van der Waals surface area (Å²) in [5, 5.41) is 2.84. The first kappa shape index (κ1) is 15.0. The summed E-state index contributed by atoms with van der Waals surface area (Å²) in [5.74, 6) is -0.0242. The quantitative estimate of drug-likeness (QED) is 0.879. The van der Waals surface area contributed by atoms with E-state index in [1.54, 1.807) is 0 Å². The summed E-state index contributed by atoms with van der Waals surface area (Å²) in [6.07, 6.45) is 4.37. The van der Waals surface area contributed by atoms with Crippen molar-refractivity contribution >= 4 is 27.5 Å². The van der Waals surface area contributed by atoms with Crippen LogP contribution in [0.15, 0.2) is 29.0 Å². The van der Waals surface area contributed by atoms with Gasteiger partial charge >= 0.3 is 0 Å². The molecule has 0 radical (unpaired) electrons. The Balaban J connectivity index is 1.84. The lowest BCUT2D eigenvalue weighted by Crippen LogP contribution is -2.24. The van der Waals surface area contributed by atoms with Crippen LogP contribution in [0.5, 0.6) is 0 Å². The largest absolute Gasteiger partial charge is 0.378 e. The van der Waals surface area contributed by atoms with Gasteiger partial charge in [0.1, 0.15) is 5.65 Å². The summed E-state index contributed by atoms with van der Waals surface area (Å²) in [6.45, 7) is 4.78. The number of nitrogens with one attached hydrogen (secondary N) is 1. The van der Waals surface area contributed by atoms with E-state index in [0.717, 1.165) is 15.8 Å². The van der Waals surface area contributed by atoms with Crippen LogP contribution in [0.25, 0.3) is 5.65 Å². The molecule has 2 rings (SSSR count). The monoisotopic (exact) mass is 339 g/mol. The number of ether oxygens (including phenoxy) is 1. The molecule has 5 nitrogen and oxygen atoms in total. The fraction of sp³-hybridized carbons (Fsp3) is 0.429. The fourth-order valence-corrected chi connectivity index (χ4v) is 2.12. The molecule has 2 aromatic heterocycles. The lowest BCUT2D eigenvalue weighted by atomic mass is 10.4. The number of rotatable bonds is 6. The third kappa shape index (κ3) is 4.31. The van der Waals surface area contributed by atoms with Crippen LogP contribution < -0.4 is 5.32 Å². The number of amides is 1. The highest BCUT2D eigenvalue weighted by Gasteiger charge is 2.05. The van der Waals surface area contributed by atoms with Crippen molar-refractivity contribution in [3.63, 3.8) is 0 Å². The van der Waals surface area contributed by atoms with Crippen molar-refractivity contribution in [2.45, 2.75) is 32.9 Å². The molecule has 0 aromatic carbocycles. The Kier molecular flexibility index (Phi) is 5.14. The van der Waals surface area contributed by atoms with Crippen LogP contribution in [0.4, 0.5) is 0 Å². The molecule has 0 saturated carbocycles. The molecule has 1 N–H and O–H groups in total. The molecule has 2 aromatic rings. The van der Waals surface area contributed by atoms with E-state index in [2.05, 4.69) is 26.2 Å². The molecule has 0 atom stereocenters. The lowest BCUT2D eigenvalue weighted by Gasteiger charge is -2.07. The number of pyridine rings is 1. The van der Waals surface area contributed by atoms with Gasteiger partial charge in [0.05, 0.1) is 24.9 Å². The zero-order valence-corrected chi connectivity index (χ0v) is 13.2. The molecule has 0 aliphatic rings. The third-order valence-corrected chi connectivity index (χ3v) is 3.18. The van der Waals surface area contributed by atoms with Crippen molar-refractivity contribution in [2.24, 2.45) is 0 Å². The Bertz CT molecular complexity index is 595. The highest BCUT2D eigenvalue weighted by molar-refractivity contribution is 9.10. The Morgan fingerprint density at radius 3 is 3.00 bits per heavy atom. The van der Waals surface area contributed by atoms with Gasteiger partial charge in [-0.25, -0.2) is 4.98 Å².